The number of aromatic nitrogens is 1. The standard InChI is InChI=1S/C13H15NO4/c1-12(16)3-5-13(6-4-12)10-8-14(17)7-2-9(10)11(15)18-13/h2,7-8,16H,3-6H2,1H3. The highest BCUT2D eigenvalue weighted by molar-refractivity contribution is 5.94. The molecule has 0 radical (unpaired) electrons. The second-order valence-electron chi connectivity index (χ2n) is 5.51. The fraction of sp³-hybridized carbons (Fsp3) is 0.538. The van der Waals surface area contributed by atoms with Crippen molar-refractivity contribution in [3.8, 4) is 0 Å². The SMILES string of the molecule is CC1(O)CCC2(CC1)OC(=O)c1cc[n+]([O-])cc12. The lowest BCUT2D eigenvalue weighted by molar-refractivity contribution is -0.606. The van der Waals surface area contributed by atoms with E-state index in [4.69, 9.17) is 4.74 Å². The number of fused-ring (bicyclic) bond motifs is 2. The third-order valence-electron chi connectivity index (χ3n) is 4.07. The molecule has 0 aromatic carbocycles. The van der Waals surface area contributed by atoms with Gasteiger partial charge in [0.2, 0.25) is 0 Å². The molecule has 1 fully saturated rings. The summed E-state index contributed by atoms with van der Waals surface area (Å²) in [5.41, 5.74) is -0.269. The number of rotatable bonds is 0. The predicted molar refractivity (Wildman–Crippen MR) is 61.6 cm³/mol. The van der Waals surface area contributed by atoms with Crippen LogP contribution in [0.4, 0.5) is 0 Å². The first-order valence-corrected chi connectivity index (χ1v) is 6.11. The van der Waals surface area contributed by atoms with Crippen molar-refractivity contribution in [1.82, 2.24) is 0 Å². The van der Waals surface area contributed by atoms with E-state index in [2.05, 4.69) is 0 Å². The summed E-state index contributed by atoms with van der Waals surface area (Å²) < 4.78 is 6.20. The quantitative estimate of drug-likeness (QED) is 0.423. The Labute approximate surface area is 105 Å². The lowest BCUT2D eigenvalue weighted by Gasteiger charge is -2.38. The average molecular weight is 249 g/mol. The van der Waals surface area contributed by atoms with Gasteiger partial charge in [0, 0.05) is 6.07 Å². The van der Waals surface area contributed by atoms with Crippen LogP contribution in [0.1, 0.15) is 48.5 Å². The van der Waals surface area contributed by atoms with Crippen molar-refractivity contribution in [3.63, 3.8) is 0 Å². The summed E-state index contributed by atoms with van der Waals surface area (Å²) in [6.45, 7) is 1.79. The highest BCUT2D eigenvalue weighted by atomic mass is 16.6. The maximum absolute atomic E-state index is 11.8. The van der Waals surface area contributed by atoms with Crippen LogP contribution in [0, 0.1) is 5.21 Å². The molecule has 2 aliphatic rings. The zero-order chi connectivity index (χ0) is 13.0. The van der Waals surface area contributed by atoms with Crippen LogP contribution in [-0.2, 0) is 10.3 Å². The second-order valence-corrected chi connectivity index (χ2v) is 5.51. The van der Waals surface area contributed by atoms with E-state index < -0.39 is 11.2 Å². The molecule has 3 rings (SSSR count). The highest BCUT2D eigenvalue weighted by Crippen LogP contribution is 2.48. The van der Waals surface area contributed by atoms with Crippen LogP contribution in [0.3, 0.4) is 0 Å². The highest BCUT2D eigenvalue weighted by Gasteiger charge is 2.51. The lowest BCUT2D eigenvalue weighted by Crippen LogP contribution is -2.40. The number of nitrogens with zero attached hydrogens (tertiary/aromatic N) is 1. The van der Waals surface area contributed by atoms with E-state index in [-0.39, 0.29) is 5.97 Å². The zero-order valence-corrected chi connectivity index (χ0v) is 10.2. The van der Waals surface area contributed by atoms with Gasteiger partial charge >= 0.3 is 5.97 Å². The second kappa shape index (κ2) is 3.45. The van der Waals surface area contributed by atoms with Gasteiger partial charge in [0.05, 0.1) is 16.7 Å². The normalized spacial score (nSPS) is 34.4. The molecule has 0 atom stereocenters. The molecule has 0 saturated heterocycles. The molecule has 0 unspecified atom stereocenters. The number of carbonyl (C=O) groups is 1. The minimum atomic E-state index is -0.706. The van der Waals surface area contributed by atoms with Gasteiger partial charge in [0.15, 0.2) is 12.4 Å². The summed E-state index contributed by atoms with van der Waals surface area (Å²) in [6, 6.07) is 1.51. The Morgan fingerprint density at radius 3 is 2.72 bits per heavy atom. The van der Waals surface area contributed by atoms with Gasteiger partial charge in [-0.15, -0.1) is 0 Å². The largest absolute Gasteiger partial charge is 0.619 e. The fourth-order valence-electron chi connectivity index (χ4n) is 2.87. The molecule has 1 aliphatic heterocycles. The van der Waals surface area contributed by atoms with E-state index in [1.807, 2.05) is 0 Å². The minimum absolute atomic E-state index is 0.368. The van der Waals surface area contributed by atoms with Gasteiger partial charge < -0.3 is 15.1 Å². The van der Waals surface area contributed by atoms with Crippen LogP contribution in [0.2, 0.25) is 0 Å². The van der Waals surface area contributed by atoms with Gasteiger partial charge in [-0.2, -0.15) is 4.73 Å². The summed E-state index contributed by atoms with van der Waals surface area (Å²) in [7, 11) is 0. The Morgan fingerprint density at radius 1 is 1.39 bits per heavy atom. The predicted octanol–water partition coefficient (Wildman–Crippen LogP) is 1.01. The molecule has 1 aromatic heterocycles. The molecule has 1 aromatic rings. The van der Waals surface area contributed by atoms with Crippen molar-refractivity contribution in [3.05, 3.63) is 34.8 Å². The number of esters is 1. The van der Waals surface area contributed by atoms with Crippen molar-refractivity contribution >= 4 is 5.97 Å². The zero-order valence-electron chi connectivity index (χ0n) is 10.2. The average Bonchev–Trinajstić information content (AvgIpc) is 2.57. The topological polar surface area (TPSA) is 73.5 Å². The molecule has 5 heteroatoms. The van der Waals surface area contributed by atoms with Crippen LogP contribution in [-0.4, -0.2) is 16.7 Å². The molecule has 2 heterocycles. The maximum atomic E-state index is 11.8. The summed E-state index contributed by atoms with van der Waals surface area (Å²) in [4.78, 5) is 11.8. The summed E-state index contributed by atoms with van der Waals surface area (Å²) in [5.74, 6) is -0.368. The van der Waals surface area contributed by atoms with Crippen LogP contribution < -0.4 is 4.73 Å². The number of pyridine rings is 1. The molecule has 18 heavy (non-hydrogen) atoms. The van der Waals surface area contributed by atoms with Crippen LogP contribution >= 0.6 is 0 Å². The van der Waals surface area contributed by atoms with Crippen LogP contribution in [0.25, 0.3) is 0 Å². The van der Waals surface area contributed by atoms with Crippen molar-refractivity contribution in [1.29, 1.82) is 0 Å². The smallest absolute Gasteiger partial charge is 0.339 e. The number of carbonyl (C=O) groups excluding carboxylic acids is 1. The molecule has 1 spiro atoms. The summed E-state index contributed by atoms with van der Waals surface area (Å²) >= 11 is 0. The first-order valence-electron chi connectivity index (χ1n) is 6.11. The molecule has 96 valence electrons. The van der Waals surface area contributed by atoms with E-state index >= 15 is 0 Å². The molecule has 0 bridgehead atoms. The summed E-state index contributed by atoms with van der Waals surface area (Å²) in [6.07, 6.45) is 4.96. The van der Waals surface area contributed by atoms with Gasteiger partial charge in [-0.3, -0.25) is 0 Å². The molecule has 5 nitrogen and oxygen atoms in total. The van der Waals surface area contributed by atoms with Crippen molar-refractivity contribution in [2.75, 3.05) is 0 Å². The number of ether oxygens (including phenoxy) is 1. The molecule has 1 aliphatic carbocycles. The number of aliphatic hydroxyl groups is 1. The van der Waals surface area contributed by atoms with Gasteiger partial charge in [0.25, 0.3) is 0 Å². The van der Waals surface area contributed by atoms with E-state index in [0.29, 0.717) is 41.5 Å². The Balaban J connectivity index is 2.02. The molecular weight excluding hydrogens is 234 g/mol. The van der Waals surface area contributed by atoms with Gasteiger partial charge in [-0.25, -0.2) is 4.79 Å². The Kier molecular flexibility index (Phi) is 2.20. The van der Waals surface area contributed by atoms with E-state index in [0.717, 1.165) is 0 Å². The minimum Gasteiger partial charge on any atom is -0.619 e. The van der Waals surface area contributed by atoms with Crippen molar-refractivity contribution < 1.29 is 19.4 Å². The third-order valence-corrected chi connectivity index (χ3v) is 4.07. The number of hydrogen-bond acceptors (Lipinski definition) is 4. The first kappa shape index (κ1) is 11.5. The molecular formula is C13H15NO4. The van der Waals surface area contributed by atoms with E-state index in [1.54, 1.807) is 6.92 Å². The molecule has 1 N–H and O–H groups in total. The first-order chi connectivity index (χ1) is 8.42. The Bertz CT molecular complexity index is 514. The van der Waals surface area contributed by atoms with E-state index in [9.17, 15) is 15.1 Å². The Hall–Kier alpha value is -1.62. The monoisotopic (exact) mass is 249 g/mol. The number of hydrogen-bond donors (Lipinski definition) is 1. The maximum Gasteiger partial charge on any atom is 0.339 e. The Morgan fingerprint density at radius 2 is 2.06 bits per heavy atom. The lowest BCUT2D eigenvalue weighted by atomic mass is 9.74. The molecule has 0 amide bonds. The third kappa shape index (κ3) is 1.58. The van der Waals surface area contributed by atoms with Crippen LogP contribution in [0.5, 0.6) is 0 Å². The van der Waals surface area contributed by atoms with Gasteiger partial charge in [0.1, 0.15) is 5.60 Å². The van der Waals surface area contributed by atoms with Gasteiger partial charge in [-0.1, -0.05) is 0 Å². The van der Waals surface area contributed by atoms with Crippen molar-refractivity contribution in [2.45, 2.75) is 43.8 Å². The summed E-state index contributed by atoms with van der Waals surface area (Å²) in [5, 5.41) is 21.4. The fourth-order valence-corrected chi connectivity index (χ4v) is 2.87. The van der Waals surface area contributed by atoms with E-state index in [1.165, 1.54) is 18.5 Å². The molecule has 1 saturated carbocycles. The van der Waals surface area contributed by atoms with Crippen molar-refractivity contribution in [2.24, 2.45) is 0 Å². The van der Waals surface area contributed by atoms with Crippen LogP contribution in [0.15, 0.2) is 18.5 Å². The van der Waals surface area contributed by atoms with Gasteiger partial charge in [-0.05, 0) is 32.6 Å².